The topological polar surface area (TPSA) is 69.6 Å². The summed E-state index contributed by atoms with van der Waals surface area (Å²) in [6.07, 6.45) is 4.54. The average molecular weight is 298 g/mol. The second-order valence-electron chi connectivity index (χ2n) is 6.80. The fourth-order valence-corrected chi connectivity index (χ4v) is 2.40. The molecule has 0 bridgehead atoms. The molecule has 0 aromatic heterocycles. The van der Waals surface area contributed by atoms with Gasteiger partial charge in [0.1, 0.15) is 0 Å². The Morgan fingerprint density at radius 2 is 1.81 bits per heavy atom. The van der Waals surface area contributed by atoms with E-state index in [2.05, 4.69) is 19.2 Å². The molecule has 1 rings (SSSR count). The molecule has 21 heavy (non-hydrogen) atoms. The number of carbonyl (C=O) groups is 2. The van der Waals surface area contributed by atoms with Crippen LogP contribution < -0.4 is 5.32 Å². The first-order valence-corrected chi connectivity index (χ1v) is 8.11. The van der Waals surface area contributed by atoms with E-state index in [9.17, 15) is 9.59 Å². The summed E-state index contributed by atoms with van der Waals surface area (Å²) < 4.78 is 0. The van der Waals surface area contributed by atoms with Crippen LogP contribution in [0.15, 0.2) is 0 Å². The van der Waals surface area contributed by atoms with Crippen LogP contribution in [0.25, 0.3) is 0 Å². The van der Waals surface area contributed by atoms with Gasteiger partial charge in [-0.05, 0) is 38.5 Å². The van der Waals surface area contributed by atoms with Gasteiger partial charge in [-0.2, -0.15) is 0 Å². The van der Waals surface area contributed by atoms with E-state index in [0.29, 0.717) is 18.4 Å². The van der Waals surface area contributed by atoms with Crippen LogP contribution in [0.5, 0.6) is 0 Å². The van der Waals surface area contributed by atoms with Crippen LogP contribution in [0, 0.1) is 11.8 Å². The summed E-state index contributed by atoms with van der Waals surface area (Å²) in [5.41, 5.74) is 0. The Labute approximate surface area is 128 Å². The van der Waals surface area contributed by atoms with E-state index in [1.807, 2.05) is 11.8 Å². The number of hydrogen-bond donors (Lipinski definition) is 2. The van der Waals surface area contributed by atoms with Crippen LogP contribution in [0.3, 0.4) is 0 Å². The van der Waals surface area contributed by atoms with Crippen molar-refractivity contribution in [2.24, 2.45) is 11.8 Å². The minimum atomic E-state index is -0.747. The van der Waals surface area contributed by atoms with Crippen molar-refractivity contribution in [2.75, 3.05) is 6.54 Å². The lowest BCUT2D eigenvalue weighted by Gasteiger charge is -2.26. The van der Waals surface area contributed by atoms with E-state index in [1.54, 1.807) is 6.92 Å². The van der Waals surface area contributed by atoms with Crippen molar-refractivity contribution in [1.29, 1.82) is 0 Å². The number of nitrogens with zero attached hydrogens (tertiary/aromatic N) is 1. The molecule has 0 saturated heterocycles. The Kier molecular flexibility index (Phi) is 6.99. The molecule has 1 fully saturated rings. The molecule has 0 heterocycles. The van der Waals surface area contributed by atoms with E-state index >= 15 is 0 Å². The van der Waals surface area contributed by atoms with E-state index < -0.39 is 5.97 Å². The van der Waals surface area contributed by atoms with Gasteiger partial charge in [-0.3, -0.25) is 4.79 Å². The van der Waals surface area contributed by atoms with Crippen LogP contribution in [0.4, 0.5) is 4.79 Å². The number of carboxylic acid groups (broad SMARTS) is 1. The third-order valence-corrected chi connectivity index (χ3v) is 3.88. The Hall–Kier alpha value is -1.26. The number of hydrogen-bond acceptors (Lipinski definition) is 2. The van der Waals surface area contributed by atoms with E-state index in [4.69, 9.17) is 5.11 Å². The molecule has 2 unspecified atom stereocenters. The van der Waals surface area contributed by atoms with Crippen LogP contribution in [-0.4, -0.2) is 40.6 Å². The van der Waals surface area contributed by atoms with E-state index in [0.717, 1.165) is 32.2 Å². The van der Waals surface area contributed by atoms with Gasteiger partial charge in [0.05, 0.1) is 5.92 Å². The Morgan fingerprint density at radius 1 is 1.19 bits per heavy atom. The van der Waals surface area contributed by atoms with Gasteiger partial charge >= 0.3 is 12.0 Å². The van der Waals surface area contributed by atoms with Crippen LogP contribution in [0.1, 0.15) is 59.8 Å². The van der Waals surface area contributed by atoms with Gasteiger partial charge in [0, 0.05) is 18.6 Å². The number of carboxylic acids is 1. The van der Waals surface area contributed by atoms with Crippen molar-refractivity contribution in [1.82, 2.24) is 10.2 Å². The molecule has 1 aliphatic rings. The molecule has 2 N–H and O–H groups in total. The highest BCUT2D eigenvalue weighted by atomic mass is 16.4. The summed E-state index contributed by atoms with van der Waals surface area (Å²) in [5.74, 6) is -0.580. The Balaban J connectivity index is 2.30. The highest BCUT2D eigenvalue weighted by Gasteiger charge is 2.33. The molecule has 0 spiro atoms. The van der Waals surface area contributed by atoms with E-state index in [1.165, 1.54) is 0 Å². The third kappa shape index (κ3) is 6.82. The summed E-state index contributed by atoms with van der Waals surface area (Å²) in [7, 11) is 0. The molecular weight excluding hydrogens is 268 g/mol. The average Bonchev–Trinajstić information content (AvgIpc) is 3.19. The van der Waals surface area contributed by atoms with Gasteiger partial charge in [-0.15, -0.1) is 0 Å². The first kappa shape index (κ1) is 17.8. The number of aliphatic carboxylic acids is 1. The quantitative estimate of drug-likeness (QED) is 0.687. The zero-order valence-electron chi connectivity index (χ0n) is 13.8. The lowest BCUT2D eigenvalue weighted by atomic mass is 10.0. The van der Waals surface area contributed by atoms with Gasteiger partial charge < -0.3 is 15.3 Å². The summed E-state index contributed by atoms with van der Waals surface area (Å²) in [6, 6.07) is 0.545. The first-order valence-electron chi connectivity index (χ1n) is 8.11. The molecule has 2 amide bonds. The van der Waals surface area contributed by atoms with Crippen LogP contribution in [-0.2, 0) is 4.79 Å². The summed E-state index contributed by atoms with van der Waals surface area (Å²) in [4.78, 5) is 25.0. The van der Waals surface area contributed by atoms with Crippen LogP contribution in [0.2, 0.25) is 0 Å². The van der Waals surface area contributed by atoms with Crippen molar-refractivity contribution < 1.29 is 14.7 Å². The largest absolute Gasteiger partial charge is 0.481 e. The molecule has 5 nitrogen and oxygen atoms in total. The van der Waals surface area contributed by atoms with Crippen molar-refractivity contribution in [3.05, 3.63) is 0 Å². The maximum atomic E-state index is 12.3. The highest BCUT2D eigenvalue weighted by molar-refractivity contribution is 5.75. The molecule has 0 radical (unpaired) electrons. The van der Waals surface area contributed by atoms with Crippen LogP contribution >= 0.6 is 0 Å². The van der Waals surface area contributed by atoms with Crippen molar-refractivity contribution in [2.45, 2.75) is 71.9 Å². The predicted octanol–water partition coefficient (Wildman–Crippen LogP) is 3.10. The molecule has 0 aromatic carbocycles. The number of nitrogens with one attached hydrogen (secondary N) is 1. The molecule has 0 aliphatic heterocycles. The fraction of sp³-hybridized carbons (Fsp3) is 0.875. The SMILES string of the molecule is CC(C)CN(C(=O)NC(C)CCCC(C)C(=O)O)C1CC1. The molecule has 1 saturated carbocycles. The molecule has 2 atom stereocenters. The summed E-state index contributed by atoms with van der Waals surface area (Å²) in [5, 5.41) is 11.9. The van der Waals surface area contributed by atoms with Crippen molar-refractivity contribution in [3.8, 4) is 0 Å². The lowest BCUT2D eigenvalue weighted by molar-refractivity contribution is -0.141. The normalized spacial score (nSPS) is 17.4. The number of amides is 2. The molecule has 122 valence electrons. The minimum Gasteiger partial charge on any atom is -0.481 e. The lowest BCUT2D eigenvalue weighted by Crippen LogP contribution is -2.46. The maximum absolute atomic E-state index is 12.3. The number of carbonyl (C=O) groups excluding carboxylic acids is 1. The fourth-order valence-electron chi connectivity index (χ4n) is 2.40. The smallest absolute Gasteiger partial charge is 0.317 e. The van der Waals surface area contributed by atoms with Gasteiger partial charge in [0.15, 0.2) is 0 Å². The van der Waals surface area contributed by atoms with Gasteiger partial charge in [0.25, 0.3) is 0 Å². The second kappa shape index (κ2) is 8.25. The van der Waals surface area contributed by atoms with Crippen molar-refractivity contribution >= 4 is 12.0 Å². The van der Waals surface area contributed by atoms with Crippen molar-refractivity contribution in [3.63, 3.8) is 0 Å². The highest BCUT2D eigenvalue weighted by Crippen LogP contribution is 2.27. The predicted molar refractivity (Wildman–Crippen MR) is 83.2 cm³/mol. The van der Waals surface area contributed by atoms with Gasteiger partial charge in [-0.1, -0.05) is 27.2 Å². The first-order chi connectivity index (χ1) is 9.81. The molecule has 1 aliphatic carbocycles. The molecule has 5 heteroatoms. The van der Waals surface area contributed by atoms with Gasteiger partial charge in [0.2, 0.25) is 0 Å². The standard InChI is InChI=1S/C16H30N2O3/c1-11(2)10-18(14-8-9-14)16(21)17-13(4)7-5-6-12(3)15(19)20/h11-14H,5-10H2,1-4H3,(H,17,21)(H,19,20). The number of rotatable bonds is 9. The summed E-state index contributed by atoms with van der Waals surface area (Å²) >= 11 is 0. The minimum absolute atomic E-state index is 0.0324. The maximum Gasteiger partial charge on any atom is 0.317 e. The van der Waals surface area contributed by atoms with Gasteiger partial charge in [-0.25, -0.2) is 4.79 Å². The number of urea groups is 1. The Bertz CT molecular complexity index is 353. The molecule has 0 aromatic rings. The zero-order chi connectivity index (χ0) is 16.0. The summed E-state index contributed by atoms with van der Waals surface area (Å²) in [6.45, 7) is 8.77. The second-order valence-corrected chi connectivity index (χ2v) is 6.80. The third-order valence-electron chi connectivity index (χ3n) is 3.88. The zero-order valence-corrected chi connectivity index (χ0v) is 13.8. The monoisotopic (exact) mass is 298 g/mol. The molecular formula is C16H30N2O3. The Morgan fingerprint density at radius 3 is 2.29 bits per heavy atom. The van der Waals surface area contributed by atoms with E-state index in [-0.39, 0.29) is 18.0 Å².